The molecule has 0 bridgehead atoms. The molecule has 0 aliphatic carbocycles. The number of imidazole rings is 1. The number of hydrogen-bond acceptors (Lipinski definition) is 4. The number of imide groups is 1. The quantitative estimate of drug-likeness (QED) is 0.534. The van der Waals surface area contributed by atoms with Crippen molar-refractivity contribution in [1.82, 2.24) is 25.1 Å². The molecule has 1 fully saturated rings. The van der Waals surface area contributed by atoms with Crippen LogP contribution in [0.4, 0.5) is 4.79 Å². The van der Waals surface area contributed by atoms with E-state index in [-0.39, 0.29) is 24.9 Å². The highest BCUT2D eigenvalue weighted by atomic mass is 16.2. The van der Waals surface area contributed by atoms with Crippen molar-refractivity contribution in [3.8, 4) is 0 Å². The molecule has 0 spiro atoms. The maximum Gasteiger partial charge on any atom is 0.327 e. The monoisotopic (exact) mass is 279 g/mol. The van der Waals surface area contributed by atoms with E-state index in [0.29, 0.717) is 6.54 Å². The Morgan fingerprint density at radius 2 is 2.30 bits per heavy atom. The molecule has 0 aromatic carbocycles. The fraction of sp³-hybridized carbons (Fsp3) is 0.500. The summed E-state index contributed by atoms with van der Waals surface area (Å²) in [7, 11) is 1.53. The van der Waals surface area contributed by atoms with Gasteiger partial charge in [-0.15, -0.1) is 0 Å². The molecule has 108 valence electrons. The number of aryl methyl sites for hydroxylation is 1. The predicted octanol–water partition coefficient (Wildman–Crippen LogP) is -0.647. The SMILES string of the molecule is CN1CC(=O)N(CC(=O)NCCCc2ncc[nH]2)C1=O. The van der Waals surface area contributed by atoms with Crippen molar-refractivity contribution < 1.29 is 14.4 Å². The summed E-state index contributed by atoms with van der Waals surface area (Å²) in [5.74, 6) is 0.190. The molecule has 2 rings (SSSR count). The number of urea groups is 1. The number of aromatic amines is 1. The van der Waals surface area contributed by atoms with Crippen LogP contribution in [0, 0.1) is 0 Å². The number of carbonyl (C=O) groups is 3. The number of H-pyrrole nitrogens is 1. The highest BCUT2D eigenvalue weighted by Gasteiger charge is 2.34. The number of amides is 4. The molecule has 1 aliphatic heterocycles. The Morgan fingerprint density at radius 1 is 1.50 bits per heavy atom. The third-order valence-electron chi connectivity index (χ3n) is 3.00. The maximum atomic E-state index is 11.7. The zero-order valence-corrected chi connectivity index (χ0v) is 11.3. The van der Waals surface area contributed by atoms with E-state index >= 15 is 0 Å². The topological polar surface area (TPSA) is 98.4 Å². The van der Waals surface area contributed by atoms with Gasteiger partial charge in [0.05, 0.1) is 0 Å². The zero-order chi connectivity index (χ0) is 14.5. The van der Waals surface area contributed by atoms with Gasteiger partial charge in [-0.3, -0.25) is 14.5 Å². The van der Waals surface area contributed by atoms with E-state index < -0.39 is 6.03 Å². The van der Waals surface area contributed by atoms with Gasteiger partial charge in [-0.05, 0) is 6.42 Å². The molecule has 0 saturated carbocycles. The number of rotatable bonds is 6. The molecule has 1 saturated heterocycles. The first-order valence-electron chi connectivity index (χ1n) is 6.38. The van der Waals surface area contributed by atoms with Crippen LogP contribution in [0.2, 0.25) is 0 Å². The van der Waals surface area contributed by atoms with Gasteiger partial charge in [0.15, 0.2) is 0 Å². The summed E-state index contributed by atoms with van der Waals surface area (Å²) in [5.41, 5.74) is 0. The highest BCUT2D eigenvalue weighted by Crippen LogP contribution is 2.06. The second-order valence-electron chi connectivity index (χ2n) is 4.61. The van der Waals surface area contributed by atoms with E-state index in [9.17, 15) is 14.4 Å². The average Bonchev–Trinajstić information content (AvgIpc) is 3.00. The molecule has 0 unspecified atom stereocenters. The van der Waals surface area contributed by atoms with Gasteiger partial charge in [-0.25, -0.2) is 9.78 Å². The summed E-state index contributed by atoms with van der Waals surface area (Å²) < 4.78 is 0. The lowest BCUT2D eigenvalue weighted by Crippen LogP contribution is -2.41. The number of nitrogens with one attached hydrogen (secondary N) is 2. The van der Waals surface area contributed by atoms with E-state index in [1.807, 2.05) is 0 Å². The van der Waals surface area contributed by atoms with Gasteiger partial charge in [0.1, 0.15) is 18.9 Å². The van der Waals surface area contributed by atoms with Crippen LogP contribution in [0.3, 0.4) is 0 Å². The van der Waals surface area contributed by atoms with E-state index in [2.05, 4.69) is 15.3 Å². The predicted molar refractivity (Wildman–Crippen MR) is 69.7 cm³/mol. The molecule has 20 heavy (non-hydrogen) atoms. The standard InChI is InChI=1S/C12H17N5O3/c1-16-8-11(19)17(12(16)20)7-10(18)15-4-2-3-9-13-5-6-14-9/h5-6H,2-4,7-8H2,1H3,(H,13,14)(H,15,18). The van der Waals surface area contributed by atoms with Crippen LogP contribution in [-0.4, -0.2) is 64.3 Å². The normalized spacial score (nSPS) is 15.1. The van der Waals surface area contributed by atoms with Crippen LogP contribution in [-0.2, 0) is 16.0 Å². The van der Waals surface area contributed by atoms with Crippen LogP contribution in [0.5, 0.6) is 0 Å². The average molecular weight is 279 g/mol. The lowest BCUT2D eigenvalue weighted by atomic mass is 10.3. The highest BCUT2D eigenvalue weighted by molar-refractivity contribution is 6.04. The Balaban J connectivity index is 1.68. The Kier molecular flexibility index (Phi) is 4.34. The molecule has 2 heterocycles. The maximum absolute atomic E-state index is 11.7. The van der Waals surface area contributed by atoms with Crippen molar-refractivity contribution in [2.75, 3.05) is 26.7 Å². The van der Waals surface area contributed by atoms with Crippen molar-refractivity contribution >= 4 is 17.8 Å². The van der Waals surface area contributed by atoms with Crippen molar-refractivity contribution in [1.29, 1.82) is 0 Å². The fourth-order valence-electron chi connectivity index (χ4n) is 1.94. The molecule has 1 aromatic heterocycles. The van der Waals surface area contributed by atoms with Crippen molar-refractivity contribution in [3.63, 3.8) is 0 Å². The zero-order valence-electron chi connectivity index (χ0n) is 11.3. The Bertz CT molecular complexity index is 499. The fourth-order valence-corrected chi connectivity index (χ4v) is 1.94. The largest absolute Gasteiger partial charge is 0.355 e. The summed E-state index contributed by atoms with van der Waals surface area (Å²) in [6.07, 6.45) is 4.89. The van der Waals surface area contributed by atoms with Gasteiger partial charge in [-0.2, -0.15) is 0 Å². The van der Waals surface area contributed by atoms with Gasteiger partial charge >= 0.3 is 6.03 Å². The first-order valence-corrected chi connectivity index (χ1v) is 6.38. The molecule has 0 atom stereocenters. The van der Waals surface area contributed by atoms with Crippen LogP contribution in [0.1, 0.15) is 12.2 Å². The van der Waals surface area contributed by atoms with E-state index in [4.69, 9.17) is 0 Å². The lowest BCUT2D eigenvalue weighted by Gasteiger charge is -2.13. The Hall–Kier alpha value is -2.38. The van der Waals surface area contributed by atoms with Crippen LogP contribution < -0.4 is 5.32 Å². The van der Waals surface area contributed by atoms with Gasteiger partial charge < -0.3 is 15.2 Å². The van der Waals surface area contributed by atoms with Gasteiger partial charge in [0.25, 0.3) is 5.91 Å². The summed E-state index contributed by atoms with van der Waals surface area (Å²) in [6.45, 7) is 0.291. The molecule has 4 amide bonds. The minimum atomic E-state index is -0.430. The minimum absolute atomic E-state index is 0.0323. The number of nitrogens with zero attached hydrogens (tertiary/aromatic N) is 3. The van der Waals surface area contributed by atoms with Crippen LogP contribution >= 0.6 is 0 Å². The molecular weight excluding hydrogens is 262 g/mol. The number of aromatic nitrogens is 2. The summed E-state index contributed by atoms with van der Waals surface area (Å²) >= 11 is 0. The summed E-state index contributed by atoms with van der Waals surface area (Å²) in [5, 5.41) is 2.68. The molecule has 8 nitrogen and oxygen atoms in total. The van der Waals surface area contributed by atoms with Gasteiger partial charge in [0.2, 0.25) is 5.91 Å². The molecule has 8 heteroatoms. The Labute approximate surface area is 116 Å². The van der Waals surface area contributed by atoms with E-state index in [1.165, 1.54) is 11.9 Å². The second kappa shape index (κ2) is 6.18. The summed E-state index contributed by atoms with van der Waals surface area (Å²) in [4.78, 5) is 44.0. The smallest absolute Gasteiger partial charge is 0.327 e. The van der Waals surface area contributed by atoms with E-state index in [1.54, 1.807) is 12.4 Å². The molecule has 2 N–H and O–H groups in total. The molecule has 1 aromatic rings. The first kappa shape index (κ1) is 14.0. The molecule has 0 radical (unpaired) electrons. The third-order valence-corrected chi connectivity index (χ3v) is 3.00. The van der Waals surface area contributed by atoms with Crippen LogP contribution in [0.15, 0.2) is 12.4 Å². The summed E-state index contributed by atoms with van der Waals surface area (Å²) in [6, 6.07) is -0.430. The number of hydrogen-bond donors (Lipinski definition) is 2. The number of carbonyl (C=O) groups excluding carboxylic acids is 3. The molecule has 1 aliphatic rings. The Morgan fingerprint density at radius 3 is 2.90 bits per heavy atom. The third kappa shape index (κ3) is 3.34. The van der Waals surface area contributed by atoms with Crippen molar-refractivity contribution in [2.45, 2.75) is 12.8 Å². The van der Waals surface area contributed by atoms with Crippen LogP contribution in [0.25, 0.3) is 0 Å². The lowest BCUT2D eigenvalue weighted by molar-refractivity contribution is -0.130. The second-order valence-corrected chi connectivity index (χ2v) is 4.61. The van der Waals surface area contributed by atoms with Crippen molar-refractivity contribution in [3.05, 3.63) is 18.2 Å². The molecular formula is C12H17N5O3. The minimum Gasteiger partial charge on any atom is -0.355 e. The first-order chi connectivity index (χ1) is 9.58. The van der Waals surface area contributed by atoms with Crippen molar-refractivity contribution in [2.24, 2.45) is 0 Å². The number of likely N-dealkylation sites (N-methyl/N-ethyl adjacent to an activating group) is 1. The van der Waals surface area contributed by atoms with E-state index in [0.717, 1.165) is 23.6 Å². The van der Waals surface area contributed by atoms with Gasteiger partial charge in [-0.1, -0.05) is 0 Å². The van der Waals surface area contributed by atoms with Gasteiger partial charge in [0, 0.05) is 32.4 Å².